The fraction of sp³-hybridized carbons (Fsp3) is 0.500. The molecule has 1 aromatic rings. The Labute approximate surface area is 119 Å². The van der Waals surface area contributed by atoms with E-state index in [2.05, 4.69) is 0 Å². The van der Waals surface area contributed by atoms with Gasteiger partial charge in [0.25, 0.3) is 0 Å². The van der Waals surface area contributed by atoms with Gasteiger partial charge in [-0.2, -0.15) is 0 Å². The fourth-order valence-electron chi connectivity index (χ4n) is 2.31. The first-order valence-electron chi connectivity index (χ1n) is 7.05. The van der Waals surface area contributed by atoms with Crippen LogP contribution in [0.25, 0.3) is 0 Å². The summed E-state index contributed by atoms with van der Waals surface area (Å²) in [6.07, 6.45) is 0.632. The van der Waals surface area contributed by atoms with Crippen molar-refractivity contribution in [2.24, 2.45) is 0 Å². The lowest BCUT2D eigenvalue weighted by Crippen LogP contribution is -2.44. The van der Waals surface area contributed by atoms with E-state index in [1.807, 2.05) is 38.1 Å². The van der Waals surface area contributed by atoms with Gasteiger partial charge in [-0.1, -0.05) is 29.8 Å². The third-order valence-electron chi connectivity index (χ3n) is 3.53. The molecule has 1 aliphatic rings. The van der Waals surface area contributed by atoms with E-state index in [0.717, 1.165) is 5.56 Å². The van der Waals surface area contributed by atoms with Crippen LogP contribution in [0.4, 0.5) is 0 Å². The molecule has 108 valence electrons. The summed E-state index contributed by atoms with van der Waals surface area (Å²) in [5, 5.41) is 0. The summed E-state index contributed by atoms with van der Waals surface area (Å²) in [7, 11) is 0. The van der Waals surface area contributed by atoms with Crippen molar-refractivity contribution in [1.82, 2.24) is 4.90 Å². The van der Waals surface area contributed by atoms with E-state index < -0.39 is 0 Å². The maximum atomic E-state index is 12.1. The highest BCUT2D eigenvalue weighted by Gasteiger charge is 2.21. The number of benzene rings is 1. The van der Waals surface area contributed by atoms with E-state index in [0.29, 0.717) is 25.3 Å². The van der Waals surface area contributed by atoms with Gasteiger partial charge < -0.3 is 9.64 Å². The first kappa shape index (κ1) is 14.7. The van der Waals surface area contributed by atoms with Gasteiger partial charge in [-0.15, -0.1) is 0 Å². The normalized spacial score (nSPS) is 18.9. The lowest BCUT2D eigenvalue weighted by Gasteiger charge is -2.31. The van der Waals surface area contributed by atoms with Crippen molar-refractivity contribution in [2.45, 2.75) is 32.8 Å². The lowest BCUT2D eigenvalue weighted by molar-refractivity contribution is -0.138. The number of morpholine rings is 1. The monoisotopic (exact) mass is 275 g/mol. The molecule has 0 saturated carbocycles. The molecule has 4 heteroatoms. The van der Waals surface area contributed by atoms with Crippen molar-refractivity contribution < 1.29 is 14.3 Å². The molecule has 1 amide bonds. The Morgan fingerprint density at radius 2 is 1.95 bits per heavy atom. The molecule has 4 nitrogen and oxygen atoms in total. The van der Waals surface area contributed by atoms with Gasteiger partial charge in [0.1, 0.15) is 0 Å². The average Bonchev–Trinajstić information content (AvgIpc) is 2.45. The molecule has 20 heavy (non-hydrogen) atoms. The van der Waals surface area contributed by atoms with Crippen LogP contribution in [0.5, 0.6) is 0 Å². The van der Waals surface area contributed by atoms with Gasteiger partial charge in [-0.3, -0.25) is 9.59 Å². The Bertz CT molecular complexity index is 481. The number of ketones is 1. The highest BCUT2D eigenvalue weighted by atomic mass is 16.5. The van der Waals surface area contributed by atoms with Gasteiger partial charge in [0.2, 0.25) is 5.91 Å². The molecule has 0 bridgehead atoms. The largest absolute Gasteiger partial charge is 0.375 e. The van der Waals surface area contributed by atoms with Gasteiger partial charge in [0.15, 0.2) is 5.78 Å². The van der Waals surface area contributed by atoms with Crippen molar-refractivity contribution in [3.8, 4) is 0 Å². The topological polar surface area (TPSA) is 46.6 Å². The van der Waals surface area contributed by atoms with Crippen LogP contribution in [-0.4, -0.2) is 42.4 Å². The van der Waals surface area contributed by atoms with Crippen molar-refractivity contribution in [3.05, 3.63) is 35.4 Å². The minimum Gasteiger partial charge on any atom is -0.375 e. The molecule has 1 aliphatic heterocycles. The van der Waals surface area contributed by atoms with Crippen LogP contribution in [0.2, 0.25) is 0 Å². The van der Waals surface area contributed by atoms with Crippen LogP contribution in [0.15, 0.2) is 24.3 Å². The van der Waals surface area contributed by atoms with E-state index in [1.54, 1.807) is 4.90 Å². The Morgan fingerprint density at radius 1 is 1.25 bits per heavy atom. The Kier molecular flexibility index (Phi) is 4.90. The number of Topliss-reactive ketones (excluding diaryl/α,β-unsaturated/α-hetero) is 1. The van der Waals surface area contributed by atoms with E-state index in [-0.39, 0.29) is 30.6 Å². The highest BCUT2D eigenvalue weighted by molar-refractivity contribution is 5.97. The molecule has 0 radical (unpaired) electrons. The first-order chi connectivity index (χ1) is 9.56. The second-order valence-corrected chi connectivity index (χ2v) is 5.31. The fourth-order valence-corrected chi connectivity index (χ4v) is 2.31. The Hall–Kier alpha value is -1.68. The summed E-state index contributed by atoms with van der Waals surface area (Å²) in [6, 6.07) is 7.47. The van der Waals surface area contributed by atoms with Gasteiger partial charge in [0.05, 0.1) is 12.7 Å². The summed E-state index contributed by atoms with van der Waals surface area (Å²) >= 11 is 0. The van der Waals surface area contributed by atoms with Crippen molar-refractivity contribution >= 4 is 11.7 Å². The minimum absolute atomic E-state index is 0.0275. The van der Waals surface area contributed by atoms with E-state index in [4.69, 9.17) is 4.74 Å². The molecule has 1 heterocycles. The third kappa shape index (κ3) is 3.90. The molecule has 1 fully saturated rings. The number of hydrogen-bond acceptors (Lipinski definition) is 3. The molecule has 1 atom stereocenters. The zero-order valence-electron chi connectivity index (χ0n) is 12.1. The molecule has 0 spiro atoms. The van der Waals surface area contributed by atoms with Gasteiger partial charge >= 0.3 is 0 Å². The molecule has 0 aliphatic carbocycles. The van der Waals surface area contributed by atoms with Crippen LogP contribution in [0, 0.1) is 6.92 Å². The molecule has 1 saturated heterocycles. The number of amides is 1. The zero-order chi connectivity index (χ0) is 14.5. The van der Waals surface area contributed by atoms with Gasteiger partial charge in [-0.05, 0) is 13.8 Å². The minimum atomic E-state index is 0.0275. The third-order valence-corrected chi connectivity index (χ3v) is 3.53. The number of carbonyl (C=O) groups is 2. The lowest BCUT2D eigenvalue weighted by atomic mass is 10.0. The summed E-state index contributed by atoms with van der Waals surface area (Å²) in [4.78, 5) is 25.9. The summed E-state index contributed by atoms with van der Waals surface area (Å²) in [5.41, 5.74) is 1.80. The number of hydrogen-bond donors (Lipinski definition) is 0. The van der Waals surface area contributed by atoms with E-state index >= 15 is 0 Å². The Morgan fingerprint density at radius 3 is 2.60 bits per heavy atom. The predicted molar refractivity (Wildman–Crippen MR) is 76.7 cm³/mol. The molecule has 0 aromatic heterocycles. The van der Waals surface area contributed by atoms with Crippen LogP contribution >= 0.6 is 0 Å². The number of nitrogens with zero attached hydrogens (tertiary/aromatic N) is 1. The quantitative estimate of drug-likeness (QED) is 0.791. The standard InChI is InChI=1S/C16H21NO3/c1-12-3-5-14(6-4-12)15(18)7-8-16(19)17-9-10-20-13(2)11-17/h3-6,13H,7-11H2,1-2H3. The number of ether oxygens (including phenoxy) is 1. The highest BCUT2D eigenvalue weighted by Crippen LogP contribution is 2.11. The van der Waals surface area contributed by atoms with Gasteiger partial charge in [-0.25, -0.2) is 0 Å². The van der Waals surface area contributed by atoms with Crippen molar-refractivity contribution in [1.29, 1.82) is 0 Å². The first-order valence-corrected chi connectivity index (χ1v) is 7.05. The molecule has 1 unspecified atom stereocenters. The van der Waals surface area contributed by atoms with Crippen LogP contribution in [0.3, 0.4) is 0 Å². The SMILES string of the molecule is Cc1ccc(C(=O)CCC(=O)N2CCOC(C)C2)cc1. The second-order valence-electron chi connectivity index (χ2n) is 5.31. The molecule has 0 N–H and O–H groups in total. The number of carbonyl (C=O) groups excluding carboxylic acids is 2. The summed E-state index contributed by atoms with van der Waals surface area (Å²) in [6.45, 7) is 5.77. The second kappa shape index (κ2) is 6.66. The zero-order valence-corrected chi connectivity index (χ0v) is 12.1. The van der Waals surface area contributed by atoms with Crippen LogP contribution in [0.1, 0.15) is 35.7 Å². The summed E-state index contributed by atoms with van der Waals surface area (Å²) in [5.74, 6) is 0.0697. The van der Waals surface area contributed by atoms with E-state index in [1.165, 1.54) is 0 Å². The van der Waals surface area contributed by atoms with Gasteiger partial charge in [0, 0.05) is 31.5 Å². The van der Waals surface area contributed by atoms with Crippen molar-refractivity contribution in [3.63, 3.8) is 0 Å². The molecular formula is C16H21NO3. The average molecular weight is 275 g/mol. The molecular weight excluding hydrogens is 254 g/mol. The molecule has 1 aromatic carbocycles. The summed E-state index contributed by atoms with van der Waals surface area (Å²) < 4.78 is 5.40. The number of aryl methyl sites for hydroxylation is 1. The Balaban J connectivity index is 1.83. The predicted octanol–water partition coefficient (Wildman–Crippen LogP) is 2.21. The van der Waals surface area contributed by atoms with E-state index in [9.17, 15) is 9.59 Å². The smallest absolute Gasteiger partial charge is 0.223 e. The maximum absolute atomic E-state index is 12.1. The van der Waals surface area contributed by atoms with Crippen LogP contribution < -0.4 is 0 Å². The van der Waals surface area contributed by atoms with Crippen molar-refractivity contribution in [2.75, 3.05) is 19.7 Å². The number of rotatable bonds is 4. The maximum Gasteiger partial charge on any atom is 0.223 e. The van der Waals surface area contributed by atoms with Crippen LogP contribution in [-0.2, 0) is 9.53 Å². The molecule has 2 rings (SSSR count).